The largest absolute Gasteiger partial charge is 0.692 e. The number of nitrogens with two attached hydrogens (primary N) is 1. The van der Waals surface area contributed by atoms with Gasteiger partial charge in [-0.05, 0) is 0 Å². The molecule has 0 heterocycles. The molecular weight excluding hydrogens is 240 g/mol. The van der Waals surface area contributed by atoms with Gasteiger partial charge in [0, 0.05) is 6.54 Å². The van der Waals surface area contributed by atoms with Gasteiger partial charge in [-0.3, -0.25) is 0 Å². The summed E-state index contributed by atoms with van der Waals surface area (Å²) in [5, 5.41) is 0. The molecule has 1 nitrogen and oxygen atoms in total. The first-order chi connectivity index (χ1) is 2.91. The predicted octanol–water partition coefficient (Wildman–Crippen LogP) is -0.735. The normalized spacial score (nSPS) is 5.40. The molecule has 0 amide bonds. The Morgan fingerprint density at radius 2 is 2.40 bits per heavy atom. The topological polar surface area (TPSA) is 26.0 Å². The van der Waals surface area contributed by atoms with Gasteiger partial charge >= 0.3 is 20.4 Å². The van der Waals surface area contributed by atoms with E-state index in [4.69, 9.17) is 13.0 Å². The van der Waals surface area contributed by atoms with E-state index in [2.05, 4.69) is 0 Å². The first-order valence-corrected chi connectivity index (χ1v) is 1.01. The van der Waals surface area contributed by atoms with Crippen LogP contribution in [0, 0.1) is 12.3 Å². The van der Waals surface area contributed by atoms with Crippen LogP contribution in [0.15, 0.2) is 0 Å². The Morgan fingerprint density at radius 3 is 2.40 bits per heavy atom. The van der Waals surface area contributed by atoms with Gasteiger partial charge < -0.3 is 18.1 Å². The predicted molar refractivity (Wildman–Crippen MR) is 17.6 cm³/mol. The van der Waals surface area contributed by atoms with E-state index >= 15 is 0 Å². The minimum Gasteiger partial charge on any atom is -0.692 e. The third-order valence-corrected chi connectivity index (χ3v) is 0.102. The van der Waals surface area contributed by atoms with Gasteiger partial charge in [-0.2, -0.15) is 0 Å². The fourth-order valence-corrected chi connectivity index (χ4v) is 0. The van der Waals surface area contributed by atoms with Crippen LogP contribution >= 0.6 is 0 Å². The van der Waals surface area contributed by atoms with Crippen LogP contribution in [-0.2, 0) is 19.6 Å². The molecule has 0 rings (SSSR count). The van der Waals surface area contributed by atoms with Crippen LogP contribution in [0.4, 0.5) is 0 Å². The van der Waals surface area contributed by atoms with Crippen LogP contribution in [0.1, 0.15) is 0 Å². The molecule has 0 aromatic rings. The van der Waals surface area contributed by atoms with E-state index in [1.54, 1.807) is 0 Å². The Bertz CT molecular complexity index is 40.5. The molecule has 0 atom stereocenters. The van der Waals surface area contributed by atoms with Crippen molar-refractivity contribution in [2.45, 2.75) is 0 Å². The second-order valence-corrected chi connectivity index (χ2v) is 0.381. The Morgan fingerprint density at radius 1 is 2.20 bits per heavy atom. The summed E-state index contributed by atoms with van der Waals surface area (Å²) in [6.07, 6.45) is 6.08. The molecule has 2 N–H and O–H groups in total. The van der Waals surface area contributed by atoms with E-state index < -0.39 is 0 Å². The third-order valence-electron chi connectivity index (χ3n) is 0.102. The molecular formula is C3H5NOs-. The molecule has 0 aliphatic rings. The van der Waals surface area contributed by atoms with Crippen molar-refractivity contribution in [2.24, 2.45) is 5.73 Å². The minimum absolute atomic E-state index is 0.236. The van der Waals surface area contributed by atoms with Crippen LogP contribution < -0.4 is 5.73 Å². The maximum Gasteiger partial charge on any atom is 0.0153 e. The molecule has 0 saturated heterocycles. The van der Waals surface area contributed by atoms with Gasteiger partial charge in [0.25, 0.3) is 0 Å². The molecule has 0 aliphatic carbocycles. The van der Waals surface area contributed by atoms with Crippen molar-refractivity contribution in [1.82, 2.24) is 0 Å². The zero-order chi connectivity index (χ0) is 5.41. The Labute approximate surface area is 45.7 Å². The van der Waals surface area contributed by atoms with Gasteiger partial charge in [-0.15, -0.1) is 0 Å². The van der Waals surface area contributed by atoms with Crippen LogP contribution in [0.25, 0.3) is 0 Å². The van der Waals surface area contributed by atoms with Crippen molar-refractivity contribution < 1.29 is 19.6 Å². The number of hydrogen-bond donors (Lipinski definition) is 1. The van der Waals surface area contributed by atoms with E-state index in [0.717, 1.165) is 19.6 Å². The van der Waals surface area contributed by atoms with Crippen LogP contribution in [-0.4, -0.2) is 7.36 Å². The molecule has 0 spiro atoms. The fourth-order valence-electron chi connectivity index (χ4n) is 0. The molecule has 0 aromatic carbocycles. The summed E-state index contributed by atoms with van der Waals surface area (Å²) in [4.78, 5) is 0. The third kappa shape index (κ3) is 14.5. The smallest absolute Gasteiger partial charge is 0.0153 e. The number of rotatable bonds is 0. The van der Waals surface area contributed by atoms with Gasteiger partial charge in [0.1, 0.15) is 0 Å². The molecule has 0 aromatic heterocycles. The second-order valence-electron chi connectivity index (χ2n) is 0.381. The van der Waals surface area contributed by atoms with Gasteiger partial charge in [-0.1, -0.05) is 0 Å². The van der Waals surface area contributed by atoms with Crippen molar-refractivity contribution in [3.8, 4) is 5.92 Å². The van der Waals surface area contributed by atoms with E-state index in [0.29, 0.717) is 0 Å². The Balaban J connectivity index is 0. The molecule has 0 bridgehead atoms. The summed E-state index contributed by atoms with van der Waals surface area (Å²) in [6.45, 7) is 0.236. The van der Waals surface area contributed by atoms with Crippen LogP contribution in [0.2, 0.25) is 0 Å². The molecule has 5 heavy (non-hydrogen) atoms. The van der Waals surface area contributed by atoms with Crippen molar-refractivity contribution in [3.63, 3.8) is 0 Å². The zero-order valence-corrected chi connectivity index (χ0v) is 5.18. The second kappa shape index (κ2) is 8.91. The zero-order valence-electron chi connectivity index (χ0n) is 3.64. The summed E-state index contributed by atoms with van der Waals surface area (Å²) in [6, 6.07) is 0. The monoisotopic (exact) mass is 249 g/mol. The fraction of sp³-hybridized carbons (Fsp3) is 0.333. The van der Waals surface area contributed by atoms with E-state index in [-0.39, 0.29) is 6.54 Å². The molecule has 2 heteroatoms. The Hall–Kier alpha value is 0.156. The van der Waals surface area contributed by atoms with Crippen LogP contribution in [0.3, 0.4) is 0 Å². The van der Waals surface area contributed by atoms with Crippen molar-refractivity contribution >= 4 is 0 Å². The molecule has 31 valence electrons. The van der Waals surface area contributed by atoms with Crippen molar-refractivity contribution in [2.75, 3.05) is 6.54 Å². The summed E-state index contributed by atoms with van der Waals surface area (Å²) in [5.41, 5.74) is 4.73. The van der Waals surface area contributed by atoms with Gasteiger partial charge in [-0.25, -0.2) is 0 Å². The van der Waals surface area contributed by atoms with Gasteiger partial charge in [0.2, 0.25) is 0 Å². The average molecular weight is 247 g/mol. The molecule has 0 aliphatic heterocycles. The SMILES string of the molecule is [3H][Os].[C-]#CCN. The summed E-state index contributed by atoms with van der Waals surface area (Å²) in [5.74, 6) is 1.96. The average Bonchev–Trinajstić information content (AvgIpc) is 1.72. The minimum atomic E-state index is 0.236. The first kappa shape index (κ1) is 5.16. The van der Waals surface area contributed by atoms with E-state index in [1.807, 2.05) is 5.92 Å². The Kier molecular flexibility index (Phi) is 9.18. The summed E-state index contributed by atoms with van der Waals surface area (Å²) < 4.78 is 5.78. The van der Waals surface area contributed by atoms with Gasteiger partial charge in [0.15, 0.2) is 0 Å². The van der Waals surface area contributed by atoms with Crippen LogP contribution in [0.5, 0.6) is 0 Å². The maximum atomic E-state index is 6.08. The molecule has 0 fully saturated rings. The standard InChI is InChI=1S/C3H4N.Os.H/c1-2-3-4;;/h3-4H2;;/q-1;;/i;;1+2. The molecule has 0 unspecified atom stereocenters. The maximum absolute atomic E-state index is 6.08. The van der Waals surface area contributed by atoms with Crippen molar-refractivity contribution in [1.29, 1.82) is 0.816 Å². The van der Waals surface area contributed by atoms with E-state index in [9.17, 15) is 0 Å². The van der Waals surface area contributed by atoms with Crippen molar-refractivity contribution in [3.05, 3.63) is 6.42 Å². The van der Waals surface area contributed by atoms with Gasteiger partial charge in [0.05, 0.1) is 0 Å². The van der Waals surface area contributed by atoms with E-state index in [1.165, 1.54) is 0 Å². The number of hydrogen-bond acceptors (Lipinski definition) is 1. The quantitative estimate of drug-likeness (QED) is 0.443. The molecule has 0 radical (unpaired) electrons. The summed E-state index contributed by atoms with van der Waals surface area (Å²) >= 11 is 1.11. The summed E-state index contributed by atoms with van der Waals surface area (Å²) in [7, 11) is 0. The first-order valence-electron chi connectivity index (χ1n) is 1.37. The molecule has 0 saturated carbocycles.